The van der Waals surface area contributed by atoms with Crippen LogP contribution in [0.1, 0.15) is 58.8 Å². The van der Waals surface area contributed by atoms with E-state index in [0.717, 1.165) is 25.3 Å². The Kier molecular flexibility index (Phi) is 6.64. The molecule has 1 N–H and O–H groups in total. The predicted octanol–water partition coefficient (Wildman–Crippen LogP) is 2.76. The van der Waals surface area contributed by atoms with Gasteiger partial charge in [0.1, 0.15) is 0 Å². The van der Waals surface area contributed by atoms with Gasteiger partial charge in [0.25, 0.3) is 0 Å². The van der Waals surface area contributed by atoms with Crippen molar-refractivity contribution in [2.24, 2.45) is 5.92 Å². The minimum absolute atomic E-state index is 0.128. The first-order chi connectivity index (χ1) is 8.45. The maximum atomic E-state index is 11.7. The van der Waals surface area contributed by atoms with E-state index in [1.807, 2.05) is 6.92 Å². The highest BCUT2D eigenvalue weighted by Crippen LogP contribution is 2.28. The van der Waals surface area contributed by atoms with Crippen molar-refractivity contribution < 1.29 is 8.42 Å². The fourth-order valence-electron chi connectivity index (χ4n) is 2.85. The Morgan fingerprint density at radius 2 is 1.83 bits per heavy atom. The zero-order valence-corrected chi connectivity index (χ0v) is 12.9. The maximum absolute atomic E-state index is 11.7. The molecule has 4 heteroatoms. The van der Waals surface area contributed by atoms with Crippen molar-refractivity contribution >= 4 is 9.84 Å². The molecule has 0 spiro atoms. The van der Waals surface area contributed by atoms with Crippen LogP contribution < -0.4 is 5.32 Å². The van der Waals surface area contributed by atoms with Crippen molar-refractivity contribution in [2.75, 3.05) is 12.8 Å². The van der Waals surface area contributed by atoms with E-state index in [1.54, 1.807) is 0 Å². The van der Waals surface area contributed by atoms with Crippen LogP contribution in [0.15, 0.2) is 0 Å². The molecule has 0 amide bonds. The van der Waals surface area contributed by atoms with E-state index in [4.69, 9.17) is 0 Å². The molecule has 2 atom stereocenters. The van der Waals surface area contributed by atoms with Crippen molar-refractivity contribution in [3.05, 3.63) is 0 Å². The van der Waals surface area contributed by atoms with Gasteiger partial charge in [0, 0.05) is 12.3 Å². The minimum Gasteiger partial charge on any atom is -0.313 e. The Morgan fingerprint density at radius 1 is 1.22 bits per heavy atom. The van der Waals surface area contributed by atoms with Crippen LogP contribution in [-0.4, -0.2) is 32.5 Å². The van der Waals surface area contributed by atoms with Crippen LogP contribution in [0, 0.1) is 5.92 Å². The molecule has 3 nitrogen and oxygen atoms in total. The molecule has 0 aromatic heterocycles. The van der Waals surface area contributed by atoms with E-state index in [1.165, 1.54) is 38.4 Å². The van der Waals surface area contributed by atoms with Gasteiger partial charge in [0.05, 0.1) is 5.25 Å². The molecule has 0 saturated heterocycles. The van der Waals surface area contributed by atoms with Crippen molar-refractivity contribution in [3.63, 3.8) is 0 Å². The second-order valence-electron chi connectivity index (χ2n) is 5.84. The third kappa shape index (κ3) is 5.27. The molecule has 1 rings (SSSR count). The molecule has 1 saturated carbocycles. The first-order valence-corrected chi connectivity index (χ1v) is 9.32. The molecule has 108 valence electrons. The van der Waals surface area contributed by atoms with Gasteiger partial charge in [-0.1, -0.05) is 39.0 Å². The fraction of sp³-hybridized carbons (Fsp3) is 1.00. The van der Waals surface area contributed by atoms with Crippen LogP contribution in [0.25, 0.3) is 0 Å². The fourth-order valence-corrected chi connectivity index (χ4v) is 3.66. The van der Waals surface area contributed by atoms with Gasteiger partial charge in [-0.05, 0) is 32.2 Å². The van der Waals surface area contributed by atoms with E-state index >= 15 is 0 Å². The molecule has 18 heavy (non-hydrogen) atoms. The Hall–Kier alpha value is -0.0900. The molecular weight excluding hydrogens is 246 g/mol. The zero-order chi connectivity index (χ0) is 13.6. The van der Waals surface area contributed by atoms with Crippen LogP contribution in [0.4, 0.5) is 0 Å². The van der Waals surface area contributed by atoms with Crippen LogP contribution in [0.5, 0.6) is 0 Å². The van der Waals surface area contributed by atoms with Crippen molar-refractivity contribution in [1.82, 2.24) is 5.32 Å². The molecule has 0 aliphatic heterocycles. The Labute approximate surface area is 113 Å². The molecular formula is C14H29NO2S. The van der Waals surface area contributed by atoms with Crippen molar-refractivity contribution in [1.29, 1.82) is 0 Å². The largest absolute Gasteiger partial charge is 0.313 e. The molecule has 1 fully saturated rings. The summed E-state index contributed by atoms with van der Waals surface area (Å²) in [4.78, 5) is 0. The molecule has 0 aromatic carbocycles. The summed E-state index contributed by atoms with van der Waals surface area (Å²) in [5.41, 5.74) is 0. The lowest BCUT2D eigenvalue weighted by Gasteiger charge is -2.30. The first-order valence-electron chi connectivity index (χ1n) is 7.37. The molecule has 1 aliphatic rings. The lowest BCUT2D eigenvalue weighted by atomic mass is 9.84. The van der Waals surface area contributed by atoms with Gasteiger partial charge in [-0.15, -0.1) is 0 Å². The molecule has 1 aliphatic carbocycles. The quantitative estimate of drug-likeness (QED) is 0.777. The highest BCUT2D eigenvalue weighted by molar-refractivity contribution is 7.91. The van der Waals surface area contributed by atoms with Crippen molar-refractivity contribution in [2.45, 2.75) is 70.1 Å². The topological polar surface area (TPSA) is 46.2 Å². The summed E-state index contributed by atoms with van der Waals surface area (Å²) in [5.74, 6) is 0.720. The predicted molar refractivity (Wildman–Crippen MR) is 77.6 cm³/mol. The van der Waals surface area contributed by atoms with Gasteiger partial charge in [-0.2, -0.15) is 0 Å². The van der Waals surface area contributed by atoms with E-state index in [-0.39, 0.29) is 11.3 Å². The van der Waals surface area contributed by atoms with Gasteiger partial charge in [-0.25, -0.2) is 8.42 Å². The number of sulfone groups is 1. The molecule has 0 bridgehead atoms. The molecule has 2 unspecified atom stereocenters. The summed E-state index contributed by atoms with van der Waals surface area (Å²) in [5, 5.41) is 3.17. The highest BCUT2D eigenvalue weighted by atomic mass is 32.2. The lowest BCUT2D eigenvalue weighted by Crippen LogP contribution is -2.44. The monoisotopic (exact) mass is 275 g/mol. The summed E-state index contributed by atoms with van der Waals surface area (Å²) in [7, 11) is -2.95. The summed E-state index contributed by atoms with van der Waals surface area (Å²) < 4.78 is 23.5. The second kappa shape index (κ2) is 7.49. The van der Waals surface area contributed by atoms with E-state index in [2.05, 4.69) is 12.2 Å². The van der Waals surface area contributed by atoms with E-state index < -0.39 is 9.84 Å². The zero-order valence-electron chi connectivity index (χ0n) is 12.1. The Balaban J connectivity index is 2.59. The SMILES string of the molecule is CCCNC(CC1CCCCC1)C(C)S(C)(=O)=O. The normalized spacial score (nSPS) is 21.7. The smallest absolute Gasteiger partial charge is 0.151 e. The standard InChI is InChI=1S/C14H29NO2S/c1-4-10-15-14(12(2)18(3,16)17)11-13-8-6-5-7-9-13/h12-15H,4-11H2,1-3H3. The number of hydrogen-bond acceptors (Lipinski definition) is 3. The van der Waals surface area contributed by atoms with Gasteiger partial charge in [0.2, 0.25) is 0 Å². The number of rotatable bonds is 7. The highest BCUT2D eigenvalue weighted by Gasteiger charge is 2.28. The molecule has 0 heterocycles. The van der Waals surface area contributed by atoms with Crippen LogP contribution in [0.2, 0.25) is 0 Å². The third-order valence-electron chi connectivity index (χ3n) is 4.21. The van der Waals surface area contributed by atoms with E-state index in [0.29, 0.717) is 0 Å². The molecule has 0 aromatic rings. The molecule has 0 radical (unpaired) electrons. The minimum atomic E-state index is -2.95. The van der Waals surface area contributed by atoms with Gasteiger partial charge < -0.3 is 5.32 Å². The second-order valence-corrected chi connectivity index (χ2v) is 8.24. The van der Waals surface area contributed by atoms with Gasteiger partial charge in [-0.3, -0.25) is 0 Å². The first kappa shape index (κ1) is 16.0. The van der Waals surface area contributed by atoms with Crippen LogP contribution in [-0.2, 0) is 9.84 Å². The van der Waals surface area contributed by atoms with Gasteiger partial charge >= 0.3 is 0 Å². The van der Waals surface area contributed by atoms with E-state index in [9.17, 15) is 8.42 Å². The number of nitrogens with one attached hydrogen (secondary N) is 1. The summed E-state index contributed by atoms with van der Waals surface area (Å²) >= 11 is 0. The maximum Gasteiger partial charge on any atom is 0.151 e. The van der Waals surface area contributed by atoms with Crippen LogP contribution >= 0.6 is 0 Å². The number of hydrogen-bond donors (Lipinski definition) is 1. The Morgan fingerprint density at radius 3 is 2.33 bits per heavy atom. The van der Waals surface area contributed by atoms with Crippen LogP contribution in [0.3, 0.4) is 0 Å². The lowest BCUT2D eigenvalue weighted by molar-refractivity contribution is 0.295. The van der Waals surface area contributed by atoms with Gasteiger partial charge in [0.15, 0.2) is 9.84 Å². The summed E-state index contributed by atoms with van der Waals surface area (Å²) in [6, 6.07) is 0.128. The Bertz CT molecular complexity index is 321. The summed E-state index contributed by atoms with van der Waals surface area (Å²) in [6.07, 6.45) is 9.98. The average molecular weight is 275 g/mol. The average Bonchev–Trinajstić information content (AvgIpc) is 2.33. The third-order valence-corrected chi connectivity index (χ3v) is 5.89. The van der Waals surface area contributed by atoms with Crippen molar-refractivity contribution in [3.8, 4) is 0 Å². The summed E-state index contributed by atoms with van der Waals surface area (Å²) in [6.45, 7) is 4.89.